The third-order valence-electron chi connectivity index (χ3n) is 2.64. The van der Waals surface area contributed by atoms with Crippen molar-refractivity contribution in [1.29, 1.82) is 0 Å². The smallest absolute Gasteiger partial charge is 0.0835 e. The van der Waals surface area contributed by atoms with Crippen molar-refractivity contribution in [3.05, 3.63) is 39.8 Å². The van der Waals surface area contributed by atoms with Crippen molar-refractivity contribution in [2.75, 3.05) is 0 Å². The van der Waals surface area contributed by atoms with Gasteiger partial charge in [0, 0.05) is 23.2 Å². The summed E-state index contributed by atoms with van der Waals surface area (Å²) in [4.78, 5) is 1.25. The summed E-state index contributed by atoms with van der Waals surface area (Å²) in [5.74, 6) is 5.64. The molecule has 0 spiro atoms. The Balaban J connectivity index is 2.32. The number of nitrogens with zero attached hydrogens (tertiary/aromatic N) is 2. The molecule has 2 aromatic heterocycles. The van der Waals surface area contributed by atoms with Crippen LogP contribution in [-0.2, 0) is 6.54 Å². The fourth-order valence-corrected chi connectivity index (χ4v) is 2.72. The van der Waals surface area contributed by atoms with Crippen molar-refractivity contribution in [3.8, 4) is 0 Å². The van der Waals surface area contributed by atoms with Gasteiger partial charge in [-0.15, -0.1) is 11.3 Å². The Labute approximate surface area is 99.1 Å². The molecule has 0 aliphatic heterocycles. The van der Waals surface area contributed by atoms with Crippen molar-refractivity contribution in [1.82, 2.24) is 15.2 Å². The first-order valence-corrected chi connectivity index (χ1v) is 6.16. The largest absolute Gasteiger partial charge is 0.273 e. The van der Waals surface area contributed by atoms with E-state index in [1.54, 1.807) is 11.3 Å². The van der Waals surface area contributed by atoms with Crippen LogP contribution >= 0.6 is 11.3 Å². The second-order valence-corrected chi connectivity index (χ2v) is 4.64. The van der Waals surface area contributed by atoms with Crippen LogP contribution in [0.25, 0.3) is 0 Å². The van der Waals surface area contributed by atoms with Gasteiger partial charge in [0.15, 0.2) is 0 Å². The predicted octanol–water partition coefficient (Wildman–Crippen LogP) is 1.83. The number of rotatable bonds is 4. The molecule has 1 atom stereocenters. The van der Waals surface area contributed by atoms with Gasteiger partial charge in [-0.3, -0.25) is 10.5 Å². The fourth-order valence-electron chi connectivity index (χ4n) is 1.71. The maximum Gasteiger partial charge on any atom is 0.0835 e. The predicted molar refractivity (Wildman–Crippen MR) is 66.1 cm³/mol. The second-order valence-electron chi connectivity index (χ2n) is 3.70. The minimum atomic E-state index is 0.0419. The Hall–Kier alpha value is -1.17. The third kappa shape index (κ3) is 2.02. The Morgan fingerprint density at radius 3 is 2.94 bits per heavy atom. The zero-order valence-electron chi connectivity index (χ0n) is 9.47. The number of nitrogens with two attached hydrogens (primary N) is 1. The quantitative estimate of drug-likeness (QED) is 0.629. The lowest BCUT2D eigenvalue weighted by molar-refractivity contribution is 0.635. The summed E-state index contributed by atoms with van der Waals surface area (Å²) in [7, 11) is 0. The highest BCUT2D eigenvalue weighted by molar-refractivity contribution is 7.10. The van der Waals surface area contributed by atoms with Gasteiger partial charge in [0.25, 0.3) is 0 Å². The van der Waals surface area contributed by atoms with E-state index < -0.39 is 0 Å². The average molecular weight is 236 g/mol. The SMILES string of the molecule is CCn1cc(C(NN)c2sccc2C)cn1. The molecule has 0 aliphatic carbocycles. The summed E-state index contributed by atoms with van der Waals surface area (Å²) in [6.07, 6.45) is 3.90. The number of aryl methyl sites for hydroxylation is 2. The van der Waals surface area contributed by atoms with Crippen LogP contribution in [0.3, 0.4) is 0 Å². The van der Waals surface area contributed by atoms with E-state index in [-0.39, 0.29) is 6.04 Å². The van der Waals surface area contributed by atoms with E-state index in [1.807, 2.05) is 17.1 Å². The molecule has 0 bridgehead atoms. The van der Waals surface area contributed by atoms with Gasteiger partial charge in [0.2, 0.25) is 0 Å². The Bertz CT molecular complexity index is 460. The molecule has 2 rings (SSSR count). The summed E-state index contributed by atoms with van der Waals surface area (Å²) >= 11 is 1.71. The normalized spacial score (nSPS) is 12.9. The van der Waals surface area contributed by atoms with Gasteiger partial charge < -0.3 is 0 Å². The highest BCUT2D eigenvalue weighted by atomic mass is 32.1. The molecule has 0 amide bonds. The minimum absolute atomic E-state index is 0.0419. The summed E-state index contributed by atoms with van der Waals surface area (Å²) in [6, 6.07) is 2.15. The number of hydrogen-bond donors (Lipinski definition) is 2. The number of nitrogens with one attached hydrogen (secondary N) is 1. The molecular formula is C11H16N4S. The van der Waals surface area contributed by atoms with Crippen LogP contribution in [-0.4, -0.2) is 9.78 Å². The van der Waals surface area contributed by atoms with E-state index in [1.165, 1.54) is 10.4 Å². The zero-order chi connectivity index (χ0) is 11.5. The molecule has 3 N–H and O–H groups in total. The van der Waals surface area contributed by atoms with Gasteiger partial charge >= 0.3 is 0 Å². The molecule has 5 heteroatoms. The first-order valence-electron chi connectivity index (χ1n) is 5.28. The molecule has 4 nitrogen and oxygen atoms in total. The van der Waals surface area contributed by atoms with Gasteiger partial charge in [-0.2, -0.15) is 5.10 Å². The molecule has 86 valence electrons. The molecule has 0 aliphatic rings. The van der Waals surface area contributed by atoms with Crippen molar-refractivity contribution >= 4 is 11.3 Å². The second kappa shape index (κ2) is 4.78. The molecule has 16 heavy (non-hydrogen) atoms. The van der Waals surface area contributed by atoms with Crippen LogP contribution in [0.15, 0.2) is 23.8 Å². The van der Waals surface area contributed by atoms with E-state index >= 15 is 0 Å². The first kappa shape index (κ1) is 11.3. The molecule has 2 aromatic rings. The van der Waals surface area contributed by atoms with Crippen LogP contribution < -0.4 is 11.3 Å². The monoisotopic (exact) mass is 236 g/mol. The molecule has 0 saturated heterocycles. The van der Waals surface area contributed by atoms with Gasteiger partial charge in [-0.25, -0.2) is 5.43 Å². The summed E-state index contributed by atoms with van der Waals surface area (Å²) in [6.45, 7) is 5.04. The standard InChI is InChI=1S/C11H16N4S/c1-3-15-7-9(6-13-15)10(14-12)11-8(2)4-5-16-11/h4-7,10,14H,3,12H2,1-2H3. The first-order chi connectivity index (χ1) is 7.76. The summed E-state index contributed by atoms with van der Waals surface area (Å²) in [5, 5.41) is 6.35. The lowest BCUT2D eigenvalue weighted by Gasteiger charge is -2.13. The van der Waals surface area contributed by atoms with E-state index in [0.29, 0.717) is 0 Å². The summed E-state index contributed by atoms with van der Waals surface area (Å²) in [5.41, 5.74) is 5.22. The molecule has 2 heterocycles. The lowest BCUT2D eigenvalue weighted by Crippen LogP contribution is -2.28. The van der Waals surface area contributed by atoms with Gasteiger partial charge in [-0.1, -0.05) is 0 Å². The van der Waals surface area contributed by atoms with Crippen LogP contribution in [0.4, 0.5) is 0 Å². The number of hydrogen-bond acceptors (Lipinski definition) is 4. The van der Waals surface area contributed by atoms with E-state index in [2.05, 4.69) is 35.8 Å². The fraction of sp³-hybridized carbons (Fsp3) is 0.364. The number of thiophene rings is 1. The third-order valence-corrected chi connectivity index (χ3v) is 3.72. The average Bonchev–Trinajstić information content (AvgIpc) is 2.90. The highest BCUT2D eigenvalue weighted by Crippen LogP contribution is 2.28. The van der Waals surface area contributed by atoms with E-state index in [0.717, 1.165) is 12.1 Å². The van der Waals surface area contributed by atoms with Crippen LogP contribution in [0.2, 0.25) is 0 Å². The maximum atomic E-state index is 5.64. The Kier molecular flexibility index (Phi) is 3.38. The topological polar surface area (TPSA) is 55.9 Å². The minimum Gasteiger partial charge on any atom is -0.273 e. The molecule has 0 radical (unpaired) electrons. The van der Waals surface area contributed by atoms with E-state index in [9.17, 15) is 0 Å². The van der Waals surface area contributed by atoms with E-state index in [4.69, 9.17) is 5.84 Å². The molecule has 0 aromatic carbocycles. The van der Waals surface area contributed by atoms with Crippen molar-refractivity contribution in [2.45, 2.75) is 26.4 Å². The van der Waals surface area contributed by atoms with Crippen LogP contribution in [0.5, 0.6) is 0 Å². The van der Waals surface area contributed by atoms with Gasteiger partial charge in [0.1, 0.15) is 0 Å². The highest BCUT2D eigenvalue weighted by Gasteiger charge is 2.17. The molecule has 0 saturated carbocycles. The number of hydrazine groups is 1. The number of aromatic nitrogens is 2. The van der Waals surface area contributed by atoms with Crippen LogP contribution in [0, 0.1) is 6.92 Å². The van der Waals surface area contributed by atoms with Crippen LogP contribution in [0.1, 0.15) is 29.0 Å². The Morgan fingerprint density at radius 1 is 1.62 bits per heavy atom. The van der Waals surface area contributed by atoms with Crippen molar-refractivity contribution < 1.29 is 0 Å². The van der Waals surface area contributed by atoms with Crippen molar-refractivity contribution in [2.24, 2.45) is 5.84 Å². The van der Waals surface area contributed by atoms with Crippen molar-refractivity contribution in [3.63, 3.8) is 0 Å². The lowest BCUT2D eigenvalue weighted by atomic mass is 10.1. The summed E-state index contributed by atoms with van der Waals surface area (Å²) < 4.78 is 1.91. The molecule has 0 fully saturated rings. The molecule has 1 unspecified atom stereocenters. The Morgan fingerprint density at radius 2 is 2.44 bits per heavy atom. The molecular weight excluding hydrogens is 220 g/mol. The maximum absolute atomic E-state index is 5.64. The van der Waals surface area contributed by atoms with Gasteiger partial charge in [0.05, 0.1) is 12.2 Å². The van der Waals surface area contributed by atoms with Gasteiger partial charge in [-0.05, 0) is 30.9 Å². The zero-order valence-corrected chi connectivity index (χ0v) is 10.3.